The molecule has 2 aromatic rings. The van der Waals surface area contributed by atoms with E-state index in [2.05, 4.69) is 26.3 Å². The Hall–Kier alpha value is -3.42. The van der Waals surface area contributed by atoms with Crippen molar-refractivity contribution in [2.75, 3.05) is 18.4 Å². The first-order valence-electron chi connectivity index (χ1n) is 10.5. The fourth-order valence-electron chi connectivity index (χ4n) is 3.51. The standard InChI is InChI=1S/C23H26FN5O2/c1-13(2)27-22(31)16-9-17(24)12-18(10-16)28-20-6-5-15(11-19(20)14-3-4-14)21(30)29-23-25-7-8-26-23/h5-6,9-14,28H,3-4,7-8H2,1-2H3,(H,27,31)(H2,25,26,29,30). The molecule has 1 saturated carbocycles. The third kappa shape index (κ3) is 5.20. The summed E-state index contributed by atoms with van der Waals surface area (Å²) in [6, 6.07) is 9.53. The Bertz CT molecular complexity index is 1040. The van der Waals surface area contributed by atoms with Crippen LogP contribution in [0.25, 0.3) is 0 Å². The zero-order chi connectivity index (χ0) is 22.0. The van der Waals surface area contributed by atoms with Crippen molar-refractivity contribution in [3.63, 3.8) is 0 Å². The highest BCUT2D eigenvalue weighted by Crippen LogP contribution is 2.44. The van der Waals surface area contributed by atoms with E-state index in [0.717, 1.165) is 37.2 Å². The number of hydrogen-bond acceptors (Lipinski definition) is 3. The number of carbonyl (C=O) groups is 2. The Labute approximate surface area is 180 Å². The number of amides is 2. The maximum atomic E-state index is 14.2. The predicted molar refractivity (Wildman–Crippen MR) is 118 cm³/mol. The summed E-state index contributed by atoms with van der Waals surface area (Å²) >= 11 is 0. The van der Waals surface area contributed by atoms with E-state index in [1.54, 1.807) is 12.1 Å². The molecular formula is C23H26FN5O2. The highest BCUT2D eigenvalue weighted by atomic mass is 19.1. The smallest absolute Gasteiger partial charge is 0.280 e. The van der Waals surface area contributed by atoms with Gasteiger partial charge in [-0.15, -0.1) is 0 Å². The van der Waals surface area contributed by atoms with E-state index in [1.807, 2.05) is 26.0 Å². The minimum atomic E-state index is -0.494. The van der Waals surface area contributed by atoms with E-state index in [4.69, 9.17) is 0 Å². The predicted octanol–water partition coefficient (Wildman–Crippen LogP) is 3.27. The summed E-state index contributed by atoms with van der Waals surface area (Å²) in [5.41, 5.74) is 3.03. The van der Waals surface area contributed by atoms with E-state index in [9.17, 15) is 14.0 Å². The van der Waals surface area contributed by atoms with Gasteiger partial charge in [0.05, 0.1) is 0 Å². The molecule has 0 unspecified atom stereocenters. The molecule has 4 N–H and O–H groups in total. The van der Waals surface area contributed by atoms with Crippen molar-refractivity contribution in [3.05, 3.63) is 58.9 Å². The second-order valence-electron chi connectivity index (χ2n) is 8.18. The Morgan fingerprint density at radius 1 is 1.06 bits per heavy atom. The topological polar surface area (TPSA) is 94.6 Å². The minimum Gasteiger partial charge on any atom is -0.355 e. The van der Waals surface area contributed by atoms with Gasteiger partial charge in [0.2, 0.25) is 0 Å². The monoisotopic (exact) mass is 423 g/mol. The average molecular weight is 423 g/mol. The summed E-state index contributed by atoms with van der Waals surface area (Å²) in [5.74, 6) is -0.293. The molecule has 2 amide bonds. The summed E-state index contributed by atoms with van der Waals surface area (Å²) in [4.78, 5) is 28.9. The number of rotatable bonds is 6. The summed E-state index contributed by atoms with van der Waals surface area (Å²) in [6.07, 6.45) is 2.07. The number of carbonyl (C=O) groups excluding carboxylic acids is 2. The molecule has 1 saturated heterocycles. The van der Waals surface area contributed by atoms with Crippen LogP contribution in [0.4, 0.5) is 15.8 Å². The molecule has 2 aromatic carbocycles. The quantitative estimate of drug-likeness (QED) is 0.572. The number of anilines is 2. The van der Waals surface area contributed by atoms with E-state index in [-0.39, 0.29) is 23.4 Å². The van der Waals surface area contributed by atoms with Crippen molar-refractivity contribution >= 4 is 29.1 Å². The molecule has 2 aliphatic rings. The zero-order valence-electron chi connectivity index (χ0n) is 17.6. The van der Waals surface area contributed by atoms with E-state index >= 15 is 0 Å². The maximum absolute atomic E-state index is 14.2. The van der Waals surface area contributed by atoms with Crippen molar-refractivity contribution in [2.45, 2.75) is 38.6 Å². The third-order valence-electron chi connectivity index (χ3n) is 5.10. The number of halogens is 1. The molecule has 1 heterocycles. The molecule has 0 aromatic heterocycles. The fraction of sp³-hybridized carbons (Fsp3) is 0.348. The fourth-order valence-corrected chi connectivity index (χ4v) is 3.51. The average Bonchev–Trinajstić information content (AvgIpc) is 3.44. The van der Waals surface area contributed by atoms with Crippen LogP contribution < -0.4 is 21.3 Å². The van der Waals surface area contributed by atoms with Crippen molar-refractivity contribution in [3.8, 4) is 0 Å². The Morgan fingerprint density at radius 3 is 2.48 bits per heavy atom. The Morgan fingerprint density at radius 2 is 1.81 bits per heavy atom. The van der Waals surface area contributed by atoms with E-state index in [1.165, 1.54) is 12.1 Å². The Balaban J connectivity index is 1.59. The van der Waals surface area contributed by atoms with Gasteiger partial charge in [0.25, 0.3) is 11.8 Å². The van der Waals surface area contributed by atoms with Gasteiger partial charge in [-0.2, -0.15) is 4.99 Å². The number of nitrogens with zero attached hydrogens (tertiary/aromatic N) is 1. The van der Waals surface area contributed by atoms with Crippen LogP contribution in [0.5, 0.6) is 0 Å². The maximum Gasteiger partial charge on any atom is 0.280 e. The van der Waals surface area contributed by atoms with Gasteiger partial charge in [0, 0.05) is 41.6 Å². The van der Waals surface area contributed by atoms with Gasteiger partial charge in [-0.1, -0.05) is 0 Å². The minimum absolute atomic E-state index is 0.0445. The van der Waals surface area contributed by atoms with Gasteiger partial charge in [-0.25, -0.2) is 4.39 Å². The third-order valence-corrected chi connectivity index (χ3v) is 5.10. The van der Waals surface area contributed by atoms with Gasteiger partial charge in [0.15, 0.2) is 5.96 Å². The van der Waals surface area contributed by atoms with Gasteiger partial charge in [-0.3, -0.25) is 9.59 Å². The number of guanidine groups is 1. The van der Waals surface area contributed by atoms with Crippen molar-refractivity contribution in [2.24, 2.45) is 4.99 Å². The molecule has 7 nitrogen and oxygen atoms in total. The van der Waals surface area contributed by atoms with Gasteiger partial charge >= 0.3 is 0 Å². The summed E-state index contributed by atoms with van der Waals surface area (Å²) in [5, 5.41) is 12.0. The summed E-state index contributed by atoms with van der Waals surface area (Å²) in [7, 11) is 0. The van der Waals surface area contributed by atoms with Gasteiger partial charge in [-0.05, 0) is 74.6 Å². The second-order valence-corrected chi connectivity index (χ2v) is 8.18. The number of hydrogen-bond donors (Lipinski definition) is 4. The normalized spacial score (nSPS) is 15.3. The molecule has 0 atom stereocenters. The van der Waals surface area contributed by atoms with Crippen LogP contribution in [0.15, 0.2) is 41.4 Å². The van der Waals surface area contributed by atoms with Crippen LogP contribution >= 0.6 is 0 Å². The lowest BCUT2D eigenvalue weighted by Gasteiger charge is -2.15. The molecule has 0 bridgehead atoms. The van der Waals surface area contributed by atoms with Gasteiger partial charge < -0.3 is 21.3 Å². The lowest BCUT2D eigenvalue weighted by molar-refractivity contribution is 0.0941. The van der Waals surface area contributed by atoms with Crippen LogP contribution in [0, 0.1) is 5.82 Å². The molecule has 0 spiro atoms. The van der Waals surface area contributed by atoms with Crippen molar-refractivity contribution in [1.29, 1.82) is 0 Å². The molecule has 162 valence electrons. The lowest BCUT2D eigenvalue weighted by Crippen LogP contribution is -2.30. The molecule has 2 fully saturated rings. The molecule has 1 aliphatic carbocycles. The largest absolute Gasteiger partial charge is 0.355 e. The van der Waals surface area contributed by atoms with Gasteiger partial charge in [0.1, 0.15) is 5.82 Å². The molecule has 0 radical (unpaired) electrons. The summed E-state index contributed by atoms with van der Waals surface area (Å²) in [6.45, 7) is 5.19. The van der Waals surface area contributed by atoms with Crippen molar-refractivity contribution in [1.82, 2.24) is 16.0 Å². The van der Waals surface area contributed by atoms with Crippen LogP contribution in [0.1, 0.15) is 58.9 Å². The first-order chi connectivity index (χ1) is 14.9. The molecule has 1 aliphatic heterocycles. The van der Waals surface area contributed by atoms with Crippen LogP contribution in [0.2, 0.25) is 0 Å². The first-order valence-corrected chi connectivity index (χ1v) is 10.5. The molecular weight excluding hydrogens is 397 g/mol. The second kappa shape index (κ2) is 8.75. The SMILES string of the molecule is CC(C)NC(=O)c1cc(F)cc(Nc2ccc(C(=O)N=C3NCCN3)cc2C2CC2)c1. The van der Waals surface area contributed by atoms with Crippen LogP contribution in [-0.2, 0) is 0 Å². The number of aliphatic imine (C=N–C) groups is 1. The molecule has 4 rings (SSSR count). The highest BCUT2D eigenvalue weighted by Gasteiger charge is 2.27. The molecule has 31 heavy (non-hydrogen) atoms. The van der Waals surface area contributed by atoms with E-state index in [0.29, 0.717) is 23.1 Å². The van der Waals surface area contributed by atoms with Crippen LogP contribution in [0.3, 0.4) is 0 Å². The number of benzene rings is 2. The lowest BCUT2D eigenvalue weighted by atomic mass is 10.0. The molecule has 8 heteroatoms. The zero-order valence-corrected chi connectivity index (χ0v) is 17.6. The van der Waals surface area contributed by atoms with E-state index < -0.39 is 5.82 Å². The Kier molecular flexibility index (Phi) is 5.88. The first kappa shape index (κ1) is 20.8. The summed E-state index contributed by atoms with van der Waals surface area (Å²) < 4.78 is 14.2. The highest BCUT2D eigenvalue weighted by molar-refractivity contribution is 6.03. The van der Waals surface area contributed by atoms with Crippen LogP contribution in [-0.4, -0.2) is 36.9 Å². The number of nitrogens with one attached hydrogen (secondary N) is 4. The van der Waals surface area contributed by atoms with Crippen molar-refractivity contribution < 1.29 is 14.0 Å².